The Labute approximate surface area is 81.8 Å². The molecule has 0 atom stereocenters. The zero-order chi connectivity index (χ0) is 9.68. The van der Waals surface area contributed by atoms with E-state index in [4.69, 9.17) is 10.8 Å². The molecule has 1 aromatic rings. The molecule has 0 aliphatic rings. The third kappa shape index (κ3) is 3.25. The fourth-order valence-corrected chi connectivity index (χ4v) is 1.23. The van der Waals surface area contributed by atoms with Crippen LogP contribution in [0.2, 0.25) is 0 Å². The second-order valence-corrected chi connectivity index (χ2v) is 3.39. The monoisotopic (exact) mass is 193 g/mol. The van der Waals surface area contributed by atoms with E-state index in [1.165, 1.54) is 0 Å². The van der Waals surface area contributed by atoms with Crippen molar-refractivity contribution in [2.45, 2.75) is 0 Å². The molecule has 0 aliphatic carbocycles. The van der Waals surface area contributed by atoms with Gasteiger partial charge in [0.25, 0.3) is 0 Å². The molecule has 0 aromatic heterocycles. The molecule has 0 heterocycles. The van der Waals surface area contributed by atoms with E-state index in [1.54, 1.807) is 5.41 Å². The molecule has 0 radical (unpaired) electrons. The predicted octanol–water partition coefficient (Wildman–Crippen LogP) is 2.71. The summed E-state index contributed by atoms with van der Waals surface area (Å²) in [5.74, 6) is 0. The van der Waals surface area contributed by atoms with E-state index < -0.39 is 0 Å². The number of thioether (sulfide) groups is 1. The zero-order valence-electron chi connectivity index (χ0n) is 7.10. The lowest BCUT2D eigenvalue weighted by molar-refractivity contribution is 0.459. The van der Waals surface area contributed by atoms with Crippen LogP contribution in [0.5, 0.6) is 0 Å². The van der Waals surface area contributed by atoms with E-state index in [2.05, 4.69) is 6.58 Å². The summed E-state index contributed by atoms with van der Waals surface area (Å²) < 4.78 is 0. The summed E-state index contributed by atoms with van der Waals surface area (Å²) in [6, 6.07) is 9.57. The molecule has 0 aliphatic heterocycles. The molecule has 0 unspecified atom stereocenters. The first-order valence-corrected chi connectivity index (χ1v) is 4.63. The molecule has 0 spiro atoms. The van der Waals surface area contributed by atoms with E-state index >= 15 is 0 Å². The van der Waals surface area contributed by atoms with Crippen LogP contribution in [-0.2, 0) is 0 Å². The Morgan fingerprint density at radius 1 is 1.38 bits per heavy atom. The highest BCUT2D eigenvalue weighted by Crippen LogP contribution is 2.17. The minimum Gasteiger partial charge on any atom is -0.502 e. The average Bonchev–Trinajstić information content (AvgIpc) is 2.15. The summed E-state index contributed by atoms with van der Waals surface area (Å²) >= 11 is 1.11. The number of aliphatic hydroxyl groups excluding tert-OH is 1. The molecule has 0 amide bonds. The predicted molar refractivity (Wildman–Crippen MR) is 58.0 cm³/mol. The van der Waals surface area contributed by atoms with Crippen LogP contribution in [0.25, 0.3) is 5.70 Å². The normalized spacial score (nSPS) is 11.2. The lowest BCUT2D eigenvalue weighted by Crippen LogP contribution is -1.94. The first kappa shape index (κ1) is 9.74. The number of aliphatic hydroxyl groups is 1. The van der Waals surface area contributed by atoms with Gasteiger partial charge in [-0.15, -0.1) is 0 Å². The third-order valence-corrected chi connectivity index (χ3v) is 2.07. The van der Waals surface area contributed by atoms with E-state index in [0.717, 1.165) is 17.3 Å². The summed E-state index contributed by atoms with van der Waals surface area (Å²) in [6.07, 6.45) is 0. The Bertz CT molecular complexity index is 319. The summed E-state index contributed by atoms with van der Waals surface area (Å²) in [7, 11) is 0. The van der Waals surface area contributed by atoms with Gasteiger partial charge in [0.1, 0.15) is 5.09 Å². The van der Waals surface area contributed by atoms with Gasteiger partial charge in [0.15, 0.2) is 0 Å². The molecule has 2 nitrogen and oxygen atoms in total. The van der Waals surface area contributed by atoms with Crippen LogP contribution in [-0.4, -0.2) is 5.11 Å². The van der Waals surface area contributed by atoms with Crippen LogP contribution in [0.4, 0.5) is 0 Å². The molecule has 68 valence electrons. The Balaban J connectivity index is 2.73. The van der Waals surface area contributed by atoms with E-state index in [0.29, 0.717) is 5.70 Å². The van der Waals surface area contributed by atoms with E-state index in [9.17, 15) is 0 Å². The van der Waals surface area contributed by atoms with Gasteiger partial charge in [0.2, 0.25) is 0 Å². The van der Waals surface area contributed by atoms with Crippen molar-refractivity contribution in [2.75, 3.05) is 0 Å². The summed E-state index contributed by atoms with van der Waals surface area (Å²) in [5, 5.41) is 10.5. The largest absolute Gasteiger partial charge is 0.502 e. The Kier molecular flexibility index (Phi) is 3.46. The molecule has 13 heavy (non-hydrogen) atoms. The van der Waals surface area contributed by atoms with Crippen LogP contribution in [0.15, 0.2) is 47.4 Å². The SMILES string of the molecule is C=C(O)S/C=C(\N)c1ccccc1. The smallest absolute Gasteiger partial charge is 0.146 e. The standard InChI is InChI=1S/C10H11NOS/c1-8(12)13-7-10(11)9-5-3-2-4-6-9/h2-7,12H,1,11H2/b10-7-. The molecule has 1 aromatic carbocycles. The van der Waals surface area contributed by atoms with Gasteiger partial charge in [-0.05, 0) is 12.1 Å². The van der Waals surface area contributed by atoms with Crippen LogP contribution in [0, 0.1) is 0 Å². The minimum absolute atomic E-state index is 0.0406. The van der Waals surface area contributed by atoms with Crippen LogP contribution < -0.4 is 5.73 Å². The van der Waals surface area contributed by atoms with Gasteiger partial charge in [0.05, 0.1) is 0 Å². The van der Waals surface area contributed by atoms with Crippen molar-refractivity contribution in [2.24, 2.45) is 5.73 Å². The van der Waals surface area contributed by atoms with Crippen molar-refractivity contribution in [3.8, 4) is 0 Å². The molecule has 0 bridgehead atoms. The fraction of sp³-hybridized carbons (Fsp3) is 0. The van der Waals surface area contributed by atoms with E-state index in [1.807, 2.05) is 30.3 Å². The van der Waals surface area contributed by atoms with Crippen molar-refractivity contribution in [1.29, 1.82) is 0 Å². The Morgan fingerprint density at radius 2 is 2.00 bits per heavy atom. The maximum absolute atomic E-state index is 8.82. The molecular formula is C10H11NOS. The van der Waals surface area contributed by atoms with Gasteiger partial charge in [-0.1, -0.05) is 42.1 Å². The zero-order valence-corrected chi connectivity index (χ0v) is 7.92. The lowest BCUT2D eigenvalue weighted by atomic mass is 10.2. The number of benzene rings is 1. The molecule has 0 saturated carbocycles. The number of hydrogen-bond acceptors (Lipinski definition) is 3. The molecule has 0 saturated heterocycles. The van der Waals surface area contributed by atoms with Gasteiger partial charge < -0.3 is 10.8 Å². The Hall–Kier alpha value is -1.35. The topological polar surface area (TPSA) is 46.2 Å². The molecule has 1 rings (SSSR count). The van der Waals surface area contributed by atoms with Crippen molar-refractivity contribution >= 4 is 17.5 Å². The van der Waals surface area contributed by atoms with Crippen LogP contribution in [0.1, 0.15) is 5.56 Å². The van der Waals surface area contributed by atoms with Gasteiger partial charge >= 0.3 is 0 Å². The van der Waals surface area contributed by atoms with Gasteiger partial charge in [-0.2, -0.15) is 0 Å². The van der Waals surface area contributed by atoms with E-state index in [-0.39, 0.29) is 5.09 Å². The molecule has 3 heteroatoms. The highest BCUT2D eigenvalue weighted by atomic mass is 32.2. The quantitative estimate of drug-likeness (QED) is 0.725. The maximum Gasteiger partial charge on any atom is 0.146 e. The fourth-order valence-electron chi connectivity index (χ4n) is 0.830. The highest BCUT2D eigenvalue weighted by molar-refractivity contribution is 8.05. The van der Waals surface area contributed by atoms with Gasteiger partial charge in [-0.25, -0.2) is 0 Å². The number of nitrogens with two attached hydrogens (primary N) is 1. The first-order valence-electron chi connectivity index (χ1n) is 3.76. The minimum atomic E-state index is 0.0406. The third-order valence-electron chi connectivity index (χ3n) is 1.43. The summed E-state index contributed by atoms with van der Waals surface area (Å²) in [4.78, 5) is 0. The average molecular weight is 193 g/mol. The van der Waals surface area contributed by atoms with Crippen molar-refractivity contribution in [3.63, 3.8) is 0 Å². The first-order chi connectivity index (χ1) is 6.20. The molecular weight excluding hydrogens is 182 g/mol. The molecule has 0 fully saturated rings. The Morgan fingerprint density at radius 3 is 2.54 bits per heavy atom. The van der Waals surface area contributed by atoms with Crippen molar-refractivity contribution < 1.29 is 5.11 Å². The van der Waals surface area contributed by atoms with Crippen molar-refractivity contribution in [1.82, 2.24) is 0 Å². The number of rotatable bonds is 3. The summed E-state index contributed by atoms with van der Waals surface area (Å²) in [6.45, 7) is 3.34. The number of hydrogen-bond donors (Lipinski definition) is 2. The van der Waals surface area contributed by atoms with Crippen LogP contribution >= 0.6 is 11.8 Å². The van der Waals surface area contributed by atoms with Gasteiger partial charge in [-0.3, -0.25) is 0 Å². The van der Waals surface area contributed by atoms with Crippen molar-refractivity contribution in [3.05, 3.63) is 53.0 Å². The summed E-state index contributed by atoms with van der Waals surface area (Å²) in [5.41, 5.74) is 7.30. The second-order valence-electron chi connectivity index (χ2n) is 2.45. The van der Waals surface area contributed by atoms with Gasteiger partial charge in [0, 0.05) is 11.1 Å². The maximum atomic E-state index is 8.82. The second kappa shape index (κ2) is 4.62. The van der Waals surface area contributed by atoms with Crippen LogP contribution in [0.3, 0.4) is 0 Å². The highest BCUT2D eigenvalue weighted by Gasteiger charge is 1.94. The lowest BCUT2D eigenvalue weighted by Gasteiger charge is -1.99. The molecule has 3 N–H and O–H groups in total.